The van der Waals surface area contributed by atoms with Crippen LogP contribution in [0.5, 0.6) is 0 Å². The summed E-state index contributed by atoms with van der Waals surface area (Å²) in [5.41, 5.74) is 4.24. The average Bonchev–Trinajstić information content (AvgIpc) is 3.08. The number of nitrogens with zero attached hydrogens (tertiary/aromatic N) is 2. The number of hydrogen-bond acceptors (Lipinski definition) is 3. The van der Waals surface area contributed by atoms with Crippen LogP contribution in [0.4, 0.5) is 11.4 Å². The molecular weight excluding hydrogens is 408 g/mol. The van der Waals surface area contributed by atoms with Crippen LogP contribution in [0.2, 0.25) is 0 Å². The maximum Gasteiger partial charge on any atom is 0.264 e. The molecule has 4 rings (SSSR count). The zero-order valence-electron chi connectivity index (χ0n) is 17.9. The number of benzene rings is 3. The zero-order valence-corrected chi connectivity index (χ0v) is 18.8. The molecule has 160 valence electrons. The van der Waals surface area contributed by atoms with Crippen molar-refractivity contribution < 1.29 is 13.2 Å². The van der Waals surface area contributed by atoms with Crippen LogP contribution >= 0.6 is 0 Å². The van der Waals surface area contributed by atoms with E-state index in [0.29, 0.717) is 5.69 Å². The maximum atomic E-state index is 13.6. The van der Waals surface area contributed by atoms with Crippen LogP contribution in [0.15, 0.2) is 77.7 Å². The molecule has 0 aromatic heterocycles. The highest BCUT2D eigenvalue weighted by molar-refractivity contribution is 7.92. The van der Waals surface area contributed by atoms with Gasteiger partial charge in [-0.25, -0.2) is 8.42 Å². The van der Waals surface area contributed by atoms with E-state index in [2.05, 4.69) is 0 Å². The molecule has 3 aromatic carbocycles. The predicted octanol–water partition coefficient (Wildman–Crippen LogP) is 4.48. The van der Waals surface area contributed by atoms with Gasteiger partial charge < -0.3 is 4.90 Å². The molecule has 1 atom stereocenters. The van der Waals surface area contributed by atoms with Crippen molar-refractivity contribution in [2.45, 2.75) is 38.1 Å². The predicted molar refractivity (Wildman–Crippen MR) is 124 cm³/mol. The summed E-state index contributed by atoms with van der Waals surface area (Å²) in [6, 6.07) is 21.7. The minimum absolute atomic E-state index is 0.0225. The van der Waals surface area contributed by atoms with Crippen molar-refractivity contribution >= 4 is 27.3 Å². The number of rotatable bonds is 5. The van der Waals surface area contributed by atoms with E-state index in [-0.39, 0.29) is 23.4 Å². The Bertz CT molecular complexity index is 1220. The molecule has 0 N–H and O–H groups in total. The van der Waals surface area contributed by atoms with E-state index in [1.165, 1.54) is 4.31 Å². The van der Waals surface area contributed by atoms with E-state index in [0.717, 1.165) is 28.8 Å². The van der Waals surface area contributed by atoms with Crippen LogP contribution < -0.4 is 9.21 Å². The molecule has 1 heterocycles. The lowest BCUT2D eigenvalue weighted by Crippen LogP contribution is -2.45. The normalized spacial score (nSPS) is 15.6. The SMILES string of the molecule is Cc1ccc(S(=O)(=O)N(CC(=O)N2c3ccccc3C[C@@H]2C)c2ccccc2C)cc1. The molecule has 1 amide bonds. The molecule has 5 nitrogen and oxygen atoms in total. The highest BCUT2D eigenvalue weighted by Gasteiger charge is 2.35. The standard InChI is InChI=1S/C25H26N2O3S/c1-18-12-14-22(15-13-18)31(29,30)26(23-10-6-4-8-19(23)2)17-25(28)27-20(3)16-21-9-5-7-11-24(21)27/h4-15,20H,16-17H2,1-3H3/t20-/m0/s1. The first kappa shape index (κ1) is 21.1. The lowest BCUT2D eigenvalue weighted by molar-refractivity contribution is -0.117. The van der Waals surface area contributed by atoms with Crippen molar-refractivity contribution in [3.05, 3.63) is 89.5 Å². The van der Waals surface area contributed by atoms with Gasteiger partial charge >= 0.3 is 0 Å². The van der Waals surface area contributed by atoms with Crippen molar-refractivity contribution in [1.82, 2.24) is 0 Å². The van der Waals surface area contributed by atoms with Gasteiger partial charge in [-0.15, -0.1) is 0 Å². The molecule has 1 aliphatic rings. The molecule has 0 spiro atoms. The van der Waals surface area contributed by atoms with E-state index >= 15 is 0 Å². The highest BCUT2D eigenvalue weighted by Crippen LogP contribution is 2.33. The molecule has 0 saturated heterocycles. The van der Waals surface area contributed by atoms with Crippen LogP contribution in [-0.4, -0.2) is 26.9 Å². The average molecular weight is 435 g/mol. The van der Waals surface area contributed by atoms with Gasteiger partial charge in [-0.1, -0.05) is 54.1 Å². The van der Waals surface area contributed by atoms with E-state index in [9.17, 15) is 13.2 Å². The van der Waals surface area contributed by atoms with Crippen molar-refractivity contribution in [1.29, 1.82) is 0 Å². The second kappa shape index (κ2) is 8.19. The third kappa shape index (κ3) is 3.95. The number of para-hydroxylation sites is 2. The molecule has 3 aromatic rings. The first-order chi connectivity index (χ1) is 14.8. The van der Waals surface area contributed by atoms with Crippen LogP contribution in [0.25, 0.3) is 0 Å². The van der Waals surface area contributed by atoms with Gasteiger partial charge in [0.25, 0.3) is 10.0 Å². The van der Waals surface area contributed by atoms with Crippen molar-refractivity contribution in [2.75, 3.05) is 15.7 Å². The highest BCUT2D eigenvalue weighted by atomic mass is 32.2. The Morgan fingerprint density at radius 2 is 1.61 bits per heavy atom. The third-order valence-electron chi connectivity index (χ3n) is 5.75. The number of hydrogen-bond donors (Lipinski definition) is 0. The quantitative estimate of drug-likeness (QED) is 0.595. The second-order valence-corrected chi connectivity index (χ2v) is 9.92. The summed E-state index contributed by atoms with van der Waals surface area (Å²) < 4.78 is 28.5. The minimum atomic E-state index is -3.93. The van der Waals surface area contributed by atoms with E-state index in [4.69, 9.17) is 0 Å². The topological polar surface area (TPSA) is 57.7 Å². The van der Waals surface area contributed by atoms with Crippen molar-refractivity contribution in [3.8, 4) is 0 Å². The Morgan fingerprint density at radius 1 is 0.968 bits per heavy atom. The Labute approximate surface area is 184 Å². The molecule has 0 radical (unpaired) electrons. The molecular formula is C25H26N2O3S. The number of amides is 1. The fourth-order valence-electron chi connectivity index (χ4n) is 4.12. The summed E-state index contributed by atoms with van der Waals surface area (Å²) in [6.45, 7) is 5.49. The first-order valence-electron chi connectivity index (χ1n) is 10.3. The molecule has 6 heteroatoms. The largest absolute Gasteiger partial charge is 0.307 e. The smallest absolute Gasteiger partial charge is 0.264 e. The number of aryl methyl sites for hydroxylation is 2. The lowest BCUT2D eigenvalue weighted by Gasteiger charge is -2.29. The molecule has 0 aliphatic carbocycles. The number of sulfonamides is 1. The maximum absolute atomic E-state index is 13.6. The third-order valence-corrected chi connectivity index (χ3v) is 7.52. The van der Waals surface area contributed by atoms with Gasteiger partial charge in [0.1, 0.15) is 6.54 Å². The molecule has 1 aliphatic heterocycles. The lowest BCUT2D eigenvalue weighted by atomic mass is 10.1. The molecule has 31 heavy (non-hydrogen) atoms. The Balaban J connectivity index is 1.75. The molecule has 0 bridgehead atoms. The van der Waals surface area contributed by atoms with E-state index < -0.39 is 10.0 Å². The van der Waals surface area contributed by atoms with Crippen LogP contribution in [0.3, 0.4) is 0 Å². The van der Waals surface area contributed by atoms with E-state index in [1.54, 1.807) is 41.3 Å². The van der Waals surface area contributed by atoms with Gasteiger partial charge in [-0.2, -0.15) is 0 Å². The van der Waals surface area contributed by atoms with Gasteiger partial charge in [-0.3, -0.25) is 9.10 Å². The number of carbonyl (C=O) groups is 1. The summed E-state index contributed by atoms with van der Waals surface area (Å²) in [7, 11) is -3.93. The van der Waals surface area contributed by atoms with Crippen molar-refractivity contribution in [3.63, 3.8) is 0 Å². The zero-order chi connectivity index (χ0) is 22.2. The molecule has 0 fully saturated rings. The summed E-state index contributed by atoms with van der Waals surface area (Å²) in [5.74, 6) is -0.239. The fourth-order valence-corrected chi connectivity index (χ4v) is 5.60. The van der Waals surface area contributed by atoms with Gasteiger partial charge in [0.05, 0.1) is 10.6 Å². The molecule has 0 saturated carbocycles. The summed E-state index contributed by atoms with van der Waals surface area (Å²) >= 11 is 0. The Hall–Kier alpha value is -3.12. The second-order valence-electron chi connectivity index (χ2n) is 8.06. The monoisotopic (exact) mass is 434 g/mol. The number of anilines is 2. The summed E-state index contributed by atoms with van der Waals surface area (Å²) in [4.78, 5) is 15.4. The number of carbonyl (C=O) groups excluding carboxylic acids is 1. The van der Waals surface area contributed by atoms with Crippen LogP contribution in [-0.2, 0) is 21.2 Å². The van der Waals surface area contributed by atoms with Crippen LogP contribution in [0, 0.1) is 13.8 Å². The van der Waals surface area contributed by atoms with Crippen LogP contribution in [0.1, 0.15) is 23.6 Å². The van der Waals surface area contributed by atoms with E-state index in [1.807, 2.05) is 57.2 Å². The Morgan fingerprint density at radius 3 is 2.32 bits per heavy atom. The van der Waals surface area contributed by atoms with Gasteiger partial charge in [0.2, 0.25) is 5.91 Å². The van der Waals surface area contributed by atoms with Gasteiger partial charge in [0, 0.05) is 11.7 Å². The summed E-state index contributed by atoms with van der Waals surface area (Å²) in [6.07, 6.45) is 0.761. The van der Waals surface area contributed by atoms with Gasteiger partial charge in [0.15, 0.2) is 0 Å². The minimum Gasteiger partial charge on any atom is -0.307 e. The van der Waals surface area contributed by atoms with Gasteiger partial charge in [-0.05, 0) is 62.6 Å². The summed E-state index contributed by atoms with van der Waals surface area (Å²) in [5, 5.41) is 0. The Kier molecular flexibility index (Phi) is 5.58. The molecule has 0 unspecified atom stereocenters. The number of fused-ring (bicyclic) bond motifs is 1. The first-order valence-corrected chi connectivity index (χ1v) is 11.8. The fraction of sp³-hybridized carbons (Fsp3) is 0.240. The van der Waals surface area contributed by atoms with Crippen molar-refractivity contribution in [2.24, 2.45) is 0 Å².